The molecule has 1 aliphatic rings. The van der Waals surface area contributed by atoms with Crippen molar-refractivity contribution >= 4 is 28.8 Å². The molecule has 5 N–H and O–H groups in total. The van der Waals surface area contributed by atoms with Gasteiger partial charge in [-0.15, -0.1) is 11.8 Å². The number of nitrogens with zero attached hydrogens (tertiary/aromatic N) is 3. The highest BCUT2D eigenvalue weighted by molar-refractivity contribution is 8.03. The van der Waals surface area contributed by atoms with Gasteiger partial charge in [-0.3, -0.25) is 24.7 Å². The summed E-state index contributed by atoms with van der Waals surface area (Å²) in [6.45, 7) is 2.49. The van der Waals surface area contributed by atoms with Crippen molar-refractivity contribution in [2.24, 2.45) is 5.73 Å². The molecule has 10 heteroatoms. The maximum atomic E-state index is 12.3. The smallest absolute Gasteiger partial charge is 0.292 e. The number of carbonyl (C=O) groups excluding carboxylic acids is 1. The van der Waals surface area contributed by atoms with Gasteiger partial charge in [0.25, 0.3) is 11.5 Å². The van der Waals surface area contributed by atoms with E-state index in [1.165, 1.54) is 23.5 Å². The van der Waals surface area contributed by atoms with E-state index < -0.39 is 0 Å². The number of fused-ring (bicyclic) bond motifs is 1. The Hall–Kier alpha value is -3.89. The SMILES string of the molecule is CS/C(=C\N)C(=O)N[C@@H]1CCN(Cc2ccc(-c3nc4[nH][nH]c(=O)c4nc3-c3ccccc3)cc2)C1. The standard InChI is InChI=1S/C26H27N7O2S/c1-36-20(13-27)25(34)28-19-11-12-33(15-19)14-16-7-9-18(10-8-16)22-21(17-5-3-2-4-6-17)29-23-24(30-22)31-32-26(23)35/h2-10,13,19H,11-12,14-15,27H2,1H3,(H,28,34)(H2,30,31,32,35)/b20-13-/t19-/m1/s1. The molecule has 1 amide bonds. The number of nitrogens with one attached hydrogen (secondary N) is 3. The zero-order valence-corrected chi connectivity index (χ0v) is 20.6. The minimum Gasteiger partial charge on any atom is -0.404 e. The van der Waals surface area contributed by atoms with Crippen molar-refractivity contribution in [1.82, 2.24) is 30.4 Å². The summed E-state index contributed by atoms with van der Waals surface area (Å²) in [5.74, 6) is -0.114. The molecule has 36 heavy (non-hydrogen) atoms. The Balaban J connectivity index is 1.33. The van der Waals surface area contributed by atoms with E-state index in [-0.39, 0.29) is 23.0 Å². The van der Waals surface area contributed by atoms with E-state index >= 15 is 0 Å². The van der Waals surface area contributed by atoms with Crippen LogP contribution in [0.1, 0.15) is 12.0 Å². The third-order valence-corrected chi connectivity index (χ3v) is 7.05. The third-order valence-electron chi connectivity index (χ3n) is 6.29. The zero-order valence-electron chi connectivity index (χ0n) is 19.8. The number of likely N-dealkylation sites (tertiary alicyclic amines) is 1. The summed E-state index contributed by atoms with van der Waals surface area (Å²) in [6, 6.07) is 18.1. The predicted molar refractivity (Wildman–Crippen MR) is 143 cm³/mol. The van der Waals surface area contributed by atoms with E-state index in [1.807, 2.05) is 48.7 Å². The molecule has 2 aromatic carbocycles. The minimum atomic E-state index is -0.291. The molecule has 9 nitrogen and oxygen atoms in total. The Kier molecular flexibility index (Phi) is 6.88. The lowest BCUT2D eigenvalue weighted by atomic mass is 10.0. The van der Waals surface area contributed by atoms with Crippen LogP contribution in [0.25, 0.3) is 33.7 Å². The summed E-state index contributed by atoms with van der Waals surface area (Å²) in [4.78, 5) is 36.7. The summed E-state index contributed by atoms with van der Waals surface area (Å²) < 4.78 is 0. The third kappa shape index (κ3) is 4.91. The van der Waals surface area contributed by atoms with Gasteiger partial charge in [0.2, 0.25) is 0 Å². The Morgan fingerprint density at radius 2 is 1.83 bits per heavy atom. The van der Waals surface area contributed by atoms with E-state index in [4.69, 9.17) is 10.7 Å². The molecular formula is C26H27N7O2S. The van der Waals surface area contributed by atoms with Crippen LogP contribution in [0.2, 0.25) is 0 Å². The number of nitrogens with two attached hydrogens (primary N) is 1. The lowest BCUT2D eigenvalue weighted by Gasteiger charge is -2.17. The molecule has 0 aliphatic carbocycles. The predicted octanol–water partition coefficient (Wildman–Crippen LogP) is 2.83. The number of hydrogen-bond donors (Lipinski definition) is 4. The van der Waals surface area contributed by atoms with Gasteiger partial charge in [0, 0.05) is 43.0 Å². The fourth-order valence-electron chi connectivity index (χ4n) is 4.47. The molecule has 0 spiro atoms. The molecule has 0 saturated carbocycles. The van der Waals surface area contributed by atoms with E-state index in [9.17, 15) is 9.59 Å². The Morgan fingerprint density at radius 3 is 2.56 bits per heavy atom. The van der Waals surface area contributed by atoms with Crippen molar-refractivity contribution in [1.29, 1.82) is 0 Å². The Bertz CT molecular complexity index is 1460. The number of H-pyrrole nitrogens is 2. The molecule has 5 rings (SSSR count). The second-order valence-electron chi connectivity index (χ2n) is 8.69. The number of hydrogen-bond acceptors (Lipinski definition) is 7. The van der Waals surface area contributed by atoms with Crippen LogP contribution in [0.5, 0.6) is 0 Å². The van der Waals surface area contributed by atoms with Crippen molar-refractivity contribution in [2.45, 2.75) is 19.0 Å². The Morgan fingerprint density at radius 1 is 1.11 bits per heavy atom. The quantitative estimate of drug-likeness (QED) is 0.286. The molecule has 2 aromatic heterocycles. The van der Waals surface area contributed by atoms with Crippen molar-refractivity contribution in [3.63, 3.8) is 0 Å². The van der Waals surface area contributed by atoms with Gasteiger partial charge in [-0.05, 0) is 18.2 Å². The molecule has 1 fully saturated rings. The Labute approximate surface area is 212 Å². The first-order valence-electron chi connectivity index (χ1n) is 11.7. The first-order valence-corrected chi connectivity index (χ1v) is 12.9. The van der Waals surface area contributed by atoms with Crippen LogP contribution in [-0.2, 0) is 11.3 Å². The first kappa shape index (κ1) is 23.8. The van der Waals surface area contributed by atoms with Crippen molar-refractivity contribution in [3.05, 3.63) is 81.6 Å². The molecule has 0 unspecified atom stereocenters. The molecule has 1 saturated heterocycles. The molecule has 3 heterocycles. The van der Waals surface area contributed by atoms with Crippen LogP contribution >= 0.6 is 11.8 Å². The van der Waals surface area contributed by atoms with E-state index in [0.717, 1.165) is 37.2 Å². The van der Waals surface area contributed by atoms with E-state index in [1.54, 1.807) is 0 Å². The summed E-state index contributed by atoms with van der Waals surface area (Å²) in [6.07, 6.45) is 4.10. The summed E-state index contributed by atoms with van der Waals surface area (Å²) in [7, 11) is 0. The van der Waals surface area contributed by atoms with Crippen molar-refractivity contribution < 1.29 is 4.79 Å². The van der Waals surface area contributed by atoms with E-state index in [0.29, 0.717) is 21.9 Å². The van der Waals surface area contributed by atoms with Gasteiger partial charge in [-0.2, -0.15) is 0 Å². The number of amides is 1. The van der Waals surface area contributed by atoms with Crippen LogP contribution in [-0.4, -0.2) is 56.4 Å². The van der Waals surface area contributed by atoms with E-state index in [2.05, 4.69) is 37.5 Å². The number of rotatable bonds is 7. The summed E-state index contributed by atoms with van der Waals surface area (Å²) >= 11 is 1.35. The normalized spacial score (nSPS) is 16.5. The van der Waals surface area contributed by atoms with Gasteiger partial charge in [-0.1, -0.05) is 54.6 Å². The second kappa shape index (κ2) is 10.4. The van der Waals surface area contributed by atoms with Crippen LogP contribution in [0.4, 0.5) is 0 Å². The number of thioether (sulfide) groups is 1. The molecule has 0 radical (unpaired) electrons. The fourth-order valence-corrected chi connectivity index (χ4v) is 4.85. The molecular weight excluding hydrogens is 474 g/mol. The lowest BCUT2D eigenvalue weighted by molar-refractivity contribution is -0.117. The van der Waals surface area contributed by atoms with Gasteiger partial charge in [0.1, 0.15) is 0 Å². The van der Waals surface area contributed by atoms with Gasteiger partial charge >= 0.3 is 0 Å². The van der Waals surface area contributed by atoms with Crippen LogP contribution in [0.15, 0.2) is 70.5 Å². The monoisotopic (exact) mass is 501 g/mol. The number of carbonyl (C=O) groups is 1. The van der Waals surface area contributed by atoms with Crippen LogP contribution in [0, 0.1) is 0 Å². The zero-order chi connectivity index (χ0) is 25.1. The maximum Gasteiger partial charge on any atom is 0.292 e. The number of aromatic amines is 2. The topological polar surface area (TPSA) is 133 Å². The first-order chi connectivity index (χ1) is 17.6. The highest BCUT2D eigenvalue weighted by Gasteiger charge is 2.25. The molecule has 184 valence electrons. The van der Waals surface area contributed by atoms with Crippen molar-refractivity contribution in [3.8, 4) is 22.5 Å². The fraction of sp³-hybridized carbons (Fsp3) is 0.231. The summed E-state index contributed by atoms with van der Waals surface area (Å²) in [5, 5.41) is 8.44. The van der Waals surface area contributed by atoms with Crippen molar-refractivity contribution in [2.75, 3.05) is 19.3 Å². The van der Waals surface area contributed by atoms with Gasteiger partial charge in [0.05, 0.1) is 16.3 Å². The maximum absolute atomic E-state index is 12.3. The molecule has 1 aliphatic heterocycles. The average molecular weight is 502 g/mol. The lowest BCUT2D eigenvalue weighted by Crippen LogP contribution is -2.37. The van der Waals surface area contributed by atoms with Gasteiger partial charge < -0.3 is 11.1 Å². The van der Waals surface area contributed by atoms with Gasteiger partial charge in [0.15, 0.2) is 11.2 Å². The van der Waals surface area contributed by atoms with Crippen LogP contribution < -0.4 is 16.6 Å². The number of aromatic nitrogens is 4. The molecule has 4 aromatic rings. The highest BCUT2D eigenvalue weighted by atomic mass is 32.2. The van der Waals surface area contributed by atoms with Gasteiger partial charge in [-0.25, -0.2) is 9.97 Å². The second-order valence-corrected chi connectivity index (χ2v) is 9.54. The average Bonchev–Trinajstić information content (AvgIpc) is 3.50. The molecule has 0 bridgehead atoms. The molecule has 1 atom stereocenters. The number of benzene rings is 2. The summed E-state index contributed by atoms with van der Waals surface area (Å²) in [5.41, 5.74) is 10.3. The highest BCUT2D eigenvalue weighted by Crippen LogP contribution is 2.30. The van der Waals surface area contributed by atoms with Crippen LogP contribution in [0.3, 0.4) is 0 Å². The largest absolute Gasteiger partial charge is 0.404 e. The minimum absolute atomic E-state index is 0.109.